The third kappa shape index (κ3) is 7.32. The van der Waals surface area contributed by atoms with Gasteiger partial charge in [0.25, 0.3) is 0 Å². The number of rotatable bonds is 18. The third-order valence-corrected chi connectivity index (χ3v) is 11.7. The van der Waals surface area contributed by atoms with Gasteiger partial charge < -0.3 is 34.6 Å². The van der Waals surface area contributed by atoms with Crippen molar-refractivity contribution in [1.29, 1.82) is 0 Å². The zero-order valence-electron chi connectivity index (χ0n) is 19.7. The number of ether oxygens (including phenoxy) is 4. The molecular formula is C20H47N3O4Si. The number of hydrogen-bond donors (Lipinski definition) is 2. The standard InChI is InChI=1S/C20H47N3O4Si/c1-9-19(24-5,25-6)13-11-17-28(22-15-14-21,18-12-16-23(3)4)20(10-2,26-7)27-8/h22H,9-18,21H2,1-8H3. The lowest BCUT2D eigenvalue weighted by atomic mass is 10.1. The van der Waals surface area contributed by atoms with E-state index < -0.39 is 19.4 Å². The van der Waals surface area contributed by atoms with Crippen LogP contribution in [-0.2, 0) is 18.9 Å². The van der Waals surface area contributed by atoms with Crippen LogP contribution in [0.2, 0.25) is 12.1 Å². The van der Waals surface area contributed by atoms with Gasteiger partial charge in [0.15, 0.2) is 19.4 Å². The quantitative estimate of drug-likeness (QED) is 0.260. The monoisotopic (exact) mass is 421 g/mol. The van der Waals surface area contributed by atoms with Crippen molar-refractivity contribution in [3.8, 4) is 0 Å². The molecule has 8 heteroatoms. The minimum atomic E-state index is -2.21. The highest BCUT2D eigenvalue weighted by Crippen LogP contribution is 2.37. The number of nitrogens with two attached hydrogens (primary N) is 1. The first-order chi connectivity index (χ1) is 13.3. The smallest absolute Gasteiger partial charge is 0.195 e. The molecule has 0 bridgehead atoms. The largest absolute Gasteiger partial charge is 0.355 e. The zero-order chi connectivity index (χ0) is 21.7. The Hall–Kier alpha value is -0.0631. The van der Waals surface area contributed by atoms with Crippen molar-refractivity contribution < 1.29 is 18.9 Å². The number of nitrogens with one attached hydrogen (secondary N) is 1. The van der Waals surface area contributed by atoms with E-state index in [-0.39, 0.29) is 0 Å². The third-order valence-electron chi connectivity index (χ3n) is 6.11. The van der Waals surface area contributed by atoms with Gasteiger partial charge in [0.1, 0.15) is 0 Å². The summed E-state index contributed by atoms with van der Waals surface area (Å²) in [5.41, 5.74) is 5.29. The molecule has 0 aromatic rings. The Labute approximate surface area is 174 Å². The molecule has 0 aromatic carbocycles. The van der Waals surface area contributed by atoms with Crippen LogP contribution in [0.4, 0.5) is 0 Å². The van der Waals surface area contributed by atoms with Crippen LogP contribution in [0.25, 0.3) is 0 Å². The number of nitrogens with zero attached hydrogens (tertiary/aromatic N) is 1. The Balaban J connectivity index is 5.67. The van der Waals surface area contributed by atoms with E-state index >= 15 is 0 Å². The fourth-order valence-corrected chi connectivity index (χ4v) is 9.60. The summed E-state index contributed by atoms with van der Waals surface area (Å²) in [5, 5.41) is 0. The molecule has 0 aliphatic rings. The summed E-state index contributed by atoms with van der Waals surface area (Å²) in [4.78, 5) is 6.08. The second-order valence-electron chi connectivity index (χ2n) is 7.75. The van der Waals surface area contributed by atoms with Crippen LogP contribution in [0, 0.1) is 0 Å². The van der Waals surface area contributed by atoms with E-state index in [0.29, 0.717) is 6.54 Å². The van der Waals surface area contributed by atoms with Crippen molar-refractivity contribution in [2.75, 3.05) is 62.2 Å². The SMILES string of the molecule is CCC(CCC[Si](CCCN(C)C)(NCCN)C(CC)(OC)OC)(OC)OC. The molecule has 170 valence electrons. The van der Waals surface area contributed by atoms with Crippen LogP contribution < -0.4 is 10.7 Å². The predicted octanol–water partition coefficient (Wildman–Crippen LogP) is 2.55. The Morgan fingerprint density at radius 1 is 0.893 bits per heavy atom. The molecule has 0 spiro atoms. The summed E-state index contributed by atoms with van der Waals surface area (Å²) < 4.78 is 23.5. The average Bonchev–Trinajstić information content (AvgIpc) is 2.71. The molecule has 28 heavy (non-hydrogen) atoms. The van der Waals surface area contributed by atoms with Gasteiger partial charge >= 0.3 is 0 Å². The Bertz CT molecular complexity index is 377. The van der Waals surface area contributed by atoms with E-state index in [0.717, 1.165) is 57.3 Å². The lowest BCUT2D eigenvalue weighted by Crippen LogP contribution is -2.70. The maximum atomic E-state index is 6.08. The molecule has 0 aliphatic carbocycles. The normalized spacial score (nSPS) is 15.2. The van der Waals surface area contributed by atoms with Crippen LogP contribution in [0.15, 0.2) is 0 Å². The van der Waals surface area contributed by atoms with Crippen molar-refractivity contribution in [2.24, 2.45) is 5.73 Å². The first kappa shape index (κ1) is 27.9. The Kier molecular flexibility index (Phi) is 14.0. The lowest BCUT2D eigenvalue weighted by molar-refractivity contribution is -0.212. The molecule has 0 saturated heterocycles. The Morgan fingerprint density at radius 3 is 1.86 bits per heavy atom. The van der Waals surface area contributed by atoms with Gasteiger partial charge in [-0.25, -0.2) is 0 Å². The lowest BCUT2D eigenvalue weighted by Gasteiger charge is -2.48. The molecule has 1 atom stereocenters. The van der Waals surface area contributed by atoms with Crippen LogP contribution in [-0.4, -0.2) is 86.5 Å². The van der Waals surface area contributed by atoms with E-state index in [1.807, 2.05) is 0 Å². The summed E-state index contributed by atoms with van der Waals surface area (Å²) in [7, 11) is 9.00. The van der Waals surface area contributed by atoms with Gasteiger partial charge in [-0.2, -0.15) is 0 Å². The van der Waals surface area contributed by atoms with Crippen molar-refractivity contribution in [2.45, 2.75) is 69.2 Å². The summed E-state index contributed by atoms with van der Waals surface area (Å²) in [6.07, 6.45) is 4.54. The molecule has 0 fully saturated rings. The van der Waals surface area contributed by atoms with E-state index in [1.54, 1.807) is 28.4 Å². The van der Waals surface area contributed by atoms with Crippen LogP contribution in [0.5, 0.6) is 0 Å². The van der Waals surface area contributed by atoms with Gasteiger partial charge in [0, 0.05) is 47.9 Å². The minimum Gasteiger partial charge on any atom is -0.355 e. The molecule has 0 amide bonds. The second-order valence-corrected chi connectivity index (χ2v) is 12.0. The summed E-state index contributed by atoms with van der Waals surface area (Å²) >= 11 is 0. The van der Waals surface area contributed by atoms with Crippen LogP contribution >= 0.6 is 0 Å². The topological polar surface area (TPSA) is 78.2 Å². The summed E-state index contributed by atoms with van der Waals surface area (Å²) in [6, 6.07) is 2.09. The van der Waals surface area contributed by atoms with Crippen molar-refractivity contribution >= 4 is 8.24 Å². The molecule has 0 heterocycles. The predicted molar refractivity (Wildman–Crippen MR) is 119 cm³/mol. The van der Waals surface area contributed by atoms with Gasteiger partial charge in [0.2, 0.25) is 0 Å². The van der Waals surface area contributed by atoms with Gasteiger partial charge in [-0.1, -0.05) is 13.8 Å². The fourth-order valence-electron chi connectivity index (χ4n) is 4.34. The van der Waals surface area contributed by atoms with E-state index in [9.17, 15) is 0 Å². The second kappa shape index (κ2) is 14.0. The highest BCUT2D eigenvalue weighted by atomic mass is 28.3. The molecule has 1 unspecified atom stereocenters. The molecule has 0 aliphatic heterocycles. The molecular weight excluding hydrogens is 374 g/mol. The van der Waals surface area contributed by atoms with Gasteiger partial charge in [-0.3, -0.25) is 0 Å². The van der Waals surface area contributed by atoms with E-state index in [4.69, 9.17) is 24.7 Å². The maximum absolute atomic E-state index is 6.08. The molecule has 0 aromatic heterocycles. The first-order valence-corrected chi connectivity index (χ1v) is 13.0. The number of hydrogen-bond acceptors (Lipinski definition) is 7. The highest BCUT2D eigenvalue weighted by molar-refractivity contribution is 6.79. The molecule has 0 radical (unpaired) electrons. The van der Waals surface area contributed by atoms with Crippen LogP contribution in [0.1, 0.15) is 46.0 Å². The molecule has 7 nitrogen and oxygen atoms in total. The van der Waals surface area contributed by atoms with E-state index in [1.165, 1.54) is 0 Å². The highest BCUT2D eigenvalue weighted by Gasteiger charge is 2.53. The van der Waals surface area contributed by atoms with Crippen molar-refractivity contribution in [3.63, 3.8) is 0 Å². The maximum Gasteiger partial charge on any atom is 0.195 e. The first-order valence-electron chi connectivity index (χ1n) is 10.6. The van der Waals surface area contributed by atoms with Gasteiger partial charge in [0.05, 0.1) is 0 Å². The van der Waals surface area contributed by atoms with E-state index in [2.05, 4.69) is 37.8 Å². The summed E-state index contributed by atoms with van der Waals surface area (Å²) in [6.45, 7) is 6.66. The zero-order valence-corrected chi connectivity index (χ0v) is 20.7. The fraction of sp³-hybridized carbons (Fsp3) is 1.00. The van der Waals surface area contributed by atoms with Crippen molar-refractivity contribution in [3.05, 3.63) is 0 Å². The Morgan fingerprint density at radius 2 is 1.46 bits per heavy atom. The van der Waals surface area contributed by atoms with Crippen LogP contribution in [0.3, 0.4) is 0 Å². The molecule has 0 rings (SSSR count). The summed E-state index contributed by atoms with van der Waals surface area (Å²) in [5.74, 6) is -0.521. The average molecular weight is 422 g/mol. The van der Waals surface area contributed by atoms with Gasteiger partial charge in [-0.15, -0.1) is 0 Å². The molecule has 0 saturated carbocycles. The number of methoxy groups -OCH3 is 4. The van der Waals surface area contributed by atoms with Gasteiger partial charge in [-0.05, 0) is 58.4 Å². The molecule has 3 N–H and O–H groups in total. The minimum absolute atomic E-state index is 0.521. The van der Waals surface area contributed by atoms with Crippen molar-refractivity contribution in [1.82, 2.24) is 9.88 Å².